The van der Waals surface area contributed by atoms with E-state index in [1.807, 2.05) is 12.1 Å². The lowest BCUT2D eigenvalue weighted by molar-refractivity contribution is -0.388. The number of ether oxygens (including phenoxy) is 2. The molecule has 3 fully saturated rings. The highest BCUT2D eigenvalue weighted by molar-refractivity contribution is 5.47. The molecule has 0 aromatic carbocycles. The minimum absolute atomic E-state index is 0.0359. The summed E-state index contributed by atoms with van der Waals surface area (Å²) in [5.74, 6) is -0.300. The van der Waals surface area contributed by atoms with Gasteiger partial charge in [0.1, 0.15) is 12.2 Å². The Morgan fingerprint density at radius 3 is 1.51 bits per heavy atom. The van der Waals surface area contributed by atoms with E-state index in [0.717, 1.165) is 63.6 Å². The number of rotatable bonds is 6. The number of nitrogens with zero attached hydrogens (tertiary/aromatic N) is 5. The number of anilines is 1. The molecule has 3 aromatic rings. The zero-order valence-corrected chi connectivity index (χ0v) is 26.6. The number of nitro groups is 2. The monoisotopic (exact) mass is 656 g/mol. The second-order valence-electron chi connectivity index (χ2n) is 11.6. The SMILES string of the molecule is Nc1cccnc1OC1CCCCC1.O=[N+]([O-])c1cccnc1F.O=[N+]([O-])c1cccnc1OC1CCCCC1.OC1CCCCC1. The van der Waals surface area contributed by atoms with Gasteiger partial charge in [0.15, 0.2) is 0 Å². The van der Waals surface area contributed by atoms with E-state index in [2.05, 4.69) is 15.0 Å². The molecule has 256 valence electrons. The summed E-state index contributed by atoms with van der Waals surface area (Å²) < 4.78 is 23.6. The van der Waals surface area contributed by atoms with Crippen LogP contribution >= 0.6 is 0 Å². The van der Waals surface area contributed by atoms with Crippen LogP contribution in [0, 0.1) is 26.2 Å². The fourth-order valence-corrected chi connectivity index (χ4v) is 5.39. The van der Waals surface area contributed by atoms with Gasteiger partial charge in [-0.15, -0.1) is 0 Å². The van der Waals surface area contributed by atoms with Crippen molar-refractivity contribution in [2.24, 2.45) is 0 Å². The summed E-state index contributed by atoms with van der Waals surface area (Å²) in [6.07, 6.45) is 22.3. The maximum Gasteiger partial charge on any atom is 0.330 e. The van der Waals surface area contributed by atoms with Crippen LogP contribution in [0.25, 0.3) is 0 Å². The van der Waals surface area contributed by atoms with Gasteiger partial charge in [0.05, 0.1) is 21.6 Å². The lowest BCUT2D eigenvalue weighted by atomic mass is 9.98. The smallest absolute Gasteiger partial charge is 0.330 e. The molecule has 47 heavy (non-hydrogen) atoms. The Labute approximate surface area is 274 Å². The molecule has 6 rings (SSSR count). The Morgan fingerprint density at radius 2 is 1.09 bits per heavy atom. The zero-order valence-electron chi connectivity index (χ0n) is 26.6. The number of aromatic nitrogens is 3. The van der Waals surface area contributed by atoms with Gasteiger partial charge in [-0.25, -0.2) is 15.0 Å². The molecule has 14 heteroatoms. The molecule has 13 nitrogen and oxygen atoms in total. The van der Waals surface area contributed by atoms with Crippen molar-refractivity contribution in [3.05, 3.63) is 81.2 Å². The molecule has 0 bridgehead atoms. The van der Waals surface area contributed by atoms with Crippen LogP contribution < -0.4 is 15.2 Å². The third-order valence-corrected chi connectivity index (χ3v) is 7.92. The lowest BCUT2D eigenvalue weighted by Gasteiger charge is -2.22. The average Bonchev–Trinajstić information content (AvgIpc) is 3.08. The molecular formula is C33H45FN6O7. The third-order valence-electron chi connectivity index (χ3n) is 7.92. The van der Waals surface area contributed by atoms with Crippen molar-refractivity contribution in [3.63, 3.8) is 0 Å². The summed E-state index contributed by atoms with van der Waals surface area (Å²) in [6.45, 7) is 0. The molecule has 3 heterocycles. The molecule has 0 spiro atoms. The van der Waals surface area contributed by atoms with Crippen molar-refractivity contribution in [1.82, 2.24) is 15.0 Å². The van der Waals surface area contributed by atoms with Gasteiger partial charge in [0, 0.05) is 30.7 Å². The van der Waals surface area contributed by atoms with Gasteiger partial charge in [-0.1, -0.05) is 32.1 Å². The second-order valence-corrected chi connectivity index (χ2v) is 11.6. The van der Waals surface area contributed by atoms with E-state index < -0.39 is 21.5 Å². The number of halogens is 1. The van der Waals surface area contributed by atoms with E-state index in [1.165, 1.54) is 63.3 Å². The van der Waals surface area contributed by atoms with Crippen molar-refractivity contribution in [3.8, 4) is 11.8 Å². The Hall–Kier alpha value is -4.46. The lowest BCUT2D eigenvalue weighted by Crippen LogP contribution is -2.20. The van der Waals surface area contributed by atoms with Crippen LogP contribution in [0.5, 0.6) is 11.8 Å². The molecule has 0 unspecified atom stereocenters. The Kier molecular flexibility index (Phi) is 16.2. The predicted molar refractivity (Wildman–Crippen MR) is 174 cm³/mol. The van der Waals surface area contributed by atoms with Gasteiger partial charge in [-0.05, 0) is 88.5 Å². The summed E-state index contributed by atoms with van der Waals surface area (Å²) in [5, 5.41) is 29.6. The summed E-state index contributed by atoms with van der Waals surface area (Å²) >= 11 is 0. The third kappa shape index (κ3) is 13.8. The summed E-state index contributed by atoms with van der Waals surface area (Å²) in [7, 11) is 0. The average molecular weight is 657 g/mol. The molecule has 3 saturated carbocycles. The molecule has 3 aromatic heterocycles. The van der Waals surface area contributed by atoms with Gasteiger partial charge < -0.3 is 20.3 Å². The van der Waals surface area contributed by atoms with Crippen molar-refractivity contribution in [2.75, 3.05) is 5.73 Å². The van der Waals surface area contributed by atoms with Crippen molar-refractivity contribution >= 4 is 17.1 Å². The van der Waals surface area contributed by atoms with Gasteiger partial charge in [0.25, 0.3) is 11.8 Å². The van der Waals surface area contributed by atoms with E-state index in [0.29, 0.717) is 17.7 Å². The van der Waals surface area contributed by atoms with E-state index in [-0.39, 0.29) is 23.8 Å². The van der Waals surface area contributed by atoms with Crippen LogP contribution in [0.1, 0.15) is 96.3 Å². The quantitative estimate of drug-likeness (QED) is 0.152. The van der Waals surface area contributed by atoms with Crippen LogP contribution in [0.4, 0.5) is 21.5 Å². The summed E-state index contributed by atoms with van der Waals surface area (Å²) in [5.41, 5.74) is 5.74. The van der Waals surface area contributed by atoms with Crippen LogP contribution in [0.3, 0.4) is 0 Å². The van der Waals surface area contributed by atoms with E-state index >= 15 is 0 Å². The van der Waals surface area contributed by atoms with E-state index in [4.69, 9.17) is 20.3 Å². The Bertz CT molecular complexity index is 1370. The van der Waals surface area contributed by atoms with Crippen LogP contribution in [0.2, 0.25) is 0 Å². The zero-order chi connectivity index (χ0) is 33.9. The first-order valence-corrected chi connectivity index (χ1v) is 16.3. The molecule has 0 aliphatic heterocycles. The first kappa shape index (κ1) is 37.0. The maximum absolute atomic E-state index is 12.3. The number of aliphatic hydroxyl groups excluding tert-OH is 1. The first-order chi connectivity index (χ1) is 22.7. The minimum Gasteiger partial charge on any atom is -0.473 e. The summed E-state index contributed by atoms with van der Waals surface area (Å²) in [4.78, 5) is 30.6. The van der Waals surface area contributed by atoms with Gasteiger partial charge in [-0.2, -0.15) is 4.39 Å². The molecule has 3 aliphatic carbocycles. The largest absolute Gasteiger partial charge is 0.473 e. The van der Waals surface area contributed by atoms with Crippen molar-refractivity contribution < 1.29 is 28.8 Å². The Morgan fingerprint density at radius 1 is 0.660 bits per heavy atom. The molecule has 0 radical (unpaired) electrons. The highest BCUT2D eigenvalue weighted by atomic mass is 19.1. The number of nitrogens with two attached hydrogens (primary N) is 1. The molecule has 0 saturated heterocycles. The second kappa shape index (κ2) is 20.6. The number of aliphatic hydroxyl groups is 1. The van der Waals surface area contributed by atoms with Gasteiger partial charge in [-0.3, -0.25) is 20.2 Å². The van der Waals surface area contributed by atoms with Crippen LogP contribution in [-0.2, 0) is 0 Å². The van der Waals surface area contributed by atoms with Gasteiger partial charge >= 0.3 is 11.4 Å². The van der Waals surface area contributed by atoms with E-state index in [1.54, 1.807) is 12.3 Å². The minimum atomic E-state index is -1.05. The standard InChI is InChI=1S/C11H14N2O3.C11H16N2O.C6H12O.C5H3FN2O2/c14-13(15)10-7-4-8-12-11(10)16-9-5-2-1-3-6-9;12-10-7-4-8-13-11(10)14-9-5-2-1-3-6-9;7-6-4-2-1-3-5-6;6-5-4(8(9)10)2-1-3-7-5/h4,7-9H,1-3,5-6H2;4,7-9H,1-3,5-6,12H2;6-7H,1-5H2;1-3H. The molecule has 3 aliphatic rings. The summed E-state index contributed by atoms with van der Waals surface area (Å²) in [6, 6.07) is 8.98. The number of hydrogen-bond donors (Lipinski definition) is 2. The normalized spacial score (nSPS) is 16.9. The Balaban J connectivity index is 0.000000177. The highest BCUT2D eigenvalue weighted by Gasteiger charge is 2.22. The number of hydrogen-bond acceptors (Lipinski definition) is 11. The van der Waals surface area contributed by atoms with Crippen molar-refractivity contribution in [2.45, 2.75) is 115 Å². The maximum atomic E-state index is 12.3. The predicted octanol–water partition coefficient (Wildman–Crippen LogP) is 7.52. The fourth-order valence-electron chi connectivity index (χ4n) is 5.39. The topological polar surface area (TPSA) is 190 Å². The molecular weight excluding hydrogens is 611 g/mol. The fraction of sp³-hybridized carbons (Fsp3) is 0.545. The first-order valence-electron chi connectivity index (χ1n) is 16.3. The van der Waals surface area contributed by atoms with E-state index in [9.17, 15) is 24.6 Å². The molecule has 0 amide bonds. The van der Waals surface area contributed by atoms with Gasteiger partial charge in [0.2, 0.25) is 5.88 Å². The number of pyridine rings is 3. The van der Waals surface area contributed by atoms with Crippen molar-refractivity contribution in [1.29, 1.82) is 0 Å². The number of nitrogen functional groups attached to an aromatic ring is 1. The highest BCUT2D eigenvalue weighted by Crippen LogP contribution is 2.28. The molecule has 0 atom stereocenters. The van der Waals surface area contributed by atoms with Crippen LogP contribution in [-0.4, -0.2) is 48.2 Å². The molecule has 3 N–H and O–H groups in total. The van der Waals surface area contributed by atoms with Crippen LogP contribution in [0.15, 0.2) is 55.0 Å².